The van der Waals surface area contributed by atoms with Gasteiger partial charge in [0.1, 0.15) is 0 Å². The molecule has 1 N–H and O–H groups in total. The normalized spacial score (nSPS) is 2.47. The van der Waals surface area contributed by atoms with Crippen LogP contribution in [-0.2, 0) is 21.1 Å². The average molecular weight is 570 g/mol. The van der Waals surface area contributed by atoms with Crippen molar-refractivity contribution in [3.05, 3.63) is 0 Å². The Morgan fingerprint density at radius 2 is 0.733 bits per heavy atom. The summed E-state index contributed by atoms with van der Waals surface area (Å²) in [5.41, 5.74) is 0. The summed E-state index contributed by atoms with van der Waals surface area (Å²) in [5, 5.41) is 8.74. The molecule has 0 radical (unpaired) electrons. The minimum absolute atomic E-state index is 0. The summed E-state index contributed by atoms with van der Waals surface area (Å²) in [5.74, 6) is 0. The van der Waals surface area contributed by atoms with Gasteiger partial charge in [-0.2, -0.15) is 0 Å². The van der Waals surface area contributed by atoms with Crippen LogP contribution in [0.1, 0.15) is 13.8 Å². The Hall–Kier alpha value is 3.50. The SMILES string of the molecule is CCO.C[CH2][Al+2].[Cl-].[Cl-].[Cl-].[Cl-].[Cl-].[Cl-].[Cl-].[Cl-].[W+6]. The van der Waals surface area contributed by atoms with Crippen LogP contribution in [0, 0.1) is 0 Å². The van der Waals surface area contributed by atoms with Crippen LogP contribution in [0.5, 0.6) is 0 Å². The molecular formula is C4H11AlCl8OW. The van der Waals surface area contributed by atoms with Crippen molar-refractivity contribution < 1.29 is 125 Å². The second-order valence-corrected chi connectivity index (χ2v) is 1.54. The van der Waals surface area contributed by atoms with E-state index in [2.05, 4.69) is 23.2 Å². The Kier molecular flexibility index (Phi) is 1060. The maximum atomic E-state index is 7.57. The monoisotopic (exact) mass is 566 g/mol. The van der Waals surface area contributed by atoms with Crippen LogP contribution in [0.15, 0.2) is 0 Å². The standard InChI is InChI=1S/C2H6O.C2H5.Al.8ClH.W/c1-2-3;1-2;;;;;;;;;;/h3H,2H2,1H3;1H2,2H3;;8*1H;/q;;+2;;;;;;;;;+6/p-8. The van der Waals surface area contributed by atoms with Crippen molar-refractivity contribution in [2.45, 2.75) is 19.1 Å². The molecule has 0 bridgehead atoms. The van der Waals surface area contributed by atoms with Gasteiger partial charge in [-0.05, 0) is 6.92 Å². The van der Waals surface area contributed by atoms with E-state index in [1.807, 2.05) is 0 Å². The summed E-state index contributed by atoms with van der Waals surface area (Å²) < 4.78 is 0. The second kappa shape index (κ2) is 157. The molecule has 0 aromatic heterocycles. The number of rotatable bonds is 0. The fourth-order valence-electron chi connectivity index (χ4n) is 0. The molecular weight excluding hydrogens is 558 g/mol. The molecule has 0 fully saturated rings. The minimum Gasteiger partial charge on any atom is -1.00 e. The van der Waals surface area contributed by atoms with Crippen molar-refractivity contribution in [2.75, 3.05) is 6.61 Å². The Morgan fingerprint density at radius 1 is 0.733 bits per heavy atom. The molecule has 0 aromatic carbocycles. The smallest absolute Gasteiger partial charge is 1.00 e. The van der Waals surface area contributed by atoms with Gasteiger partial charge < -0.3 is 104 Å². The van der Waals surface area contributed by atoms with Crippen LogP contribution in [-0.4, -0.2) is 28.0 Å². The second-order valence-electron chi connectivity index (χ2n) is 0.724. The van der Waals surface area contributed by atoms with E-state index in [1.54, 1.807) is 6.92 Å². The minimum atomic E-state index is 0. The van der Waals surface area contributed by atoms with E-state index in [0.717, 1.165) is 0 Å². The fourth-order valence-corrected chi connectivity index (χ4v) is 0. The molecule has 0 saturated carbocycles. The van der Waals surface area contributed by atoms with E-state index >= 15 is 0 Å². The molecule has 0 aliphatic heterocycles. The Balaban J connectivity index is -0.00000000148. The van der Waals surface area contributed by atoms with Gasteiger partial charge in [-0.15, -0.1) is 0 Å². The zero-order chi connectivity index (χ0) is 5.41. The van der Waals surface area contributed by atoms with Crippen molar-refractivity contribution in [1.82, 2.24) is 0 Å². The molecule has 11 heteroatoms. The zero-order valence-corrected chi connectivity index (χ0v) is 18.0. The molecule has 0 amide bonds. The predicted molar refractivity (Wildman–Crippen MR) is 29.0 cm³/mol. The molecule has 0 aromatic rings. The quantitative estimate of drug-likeness (QED) is 0.288. The number of aliphatic hydroxyl groups is 1. The van der Waals surface area contributed by atoms with Gasteiger partial charge in [0.15, 0.2) is 0 Å². The molecule has 0 saturated heterocycles. The van der Waals surface area contributed by atoms with Gasteiger partial charge in [0, 0.05) is 6.61 Å². The summed E-state index contributed by atoms with van der Waals surface area (Å²) in [6.07, 6.45) is 0. The van der Waals surface area contributed by atoms with Gasteiger partial charge >= 0.3 is 49.6 Å². The summed E-state index contributed by atoms with van der Waals surface area (Å²) in [6, 6.07) is 0. The van der Waals surface area contributed by atoms with E-state index < -0.39 is 0 Å². The third-order valence-electron chi connectivity index (χ3n) is 0. The first-order valence-electron chi connectivity index (χ1n) is 2.14. The van der Waals surface area contributed by atoms with E-state index in [1.165, 1.54) is 5.28 Å². The molecule has 0 rings (SSSR count). The molecule has 0 spiro atoms. The summed E-state index contributed by atoms with van der Waals surface area (Å²) in [4.78, 5) is 0. The molecule has 0 heterocycles. The van der Waals surface area contributed by atoms with Gasteiger partial charge in [0.05, 0.1) is 0 Å². The van der Waals surface area contributed by atoms with Crippen molar-refractivity contribution in [3.8, 4) is 0 Å². The first-order chi connectivity index (χ1) is 2.83. The Bertz CT molecular complexity index is 28.6. The summed E-state index contributed by atoms with van der Waals surface area (Å²) >= 11 is 2.58. The third-order valence-corrected chi connectivity index (χ3v) is 0. The predicted octanol–water partition coefficient (Wildman–Crippen LogP) is -23.4. The number of hydrogen-bond acceptors (Lipinski definition) is 1. The number of halogens is 8. The van der Waals surface area contributed by atoms with Gasteiger partial charge in [-0.3, -0.25) is 0 Å². The molecule has 1 nitrogen and oxygen atoms in total. The first kappa shape index (κ1) is 101. The van der Waals surface area contributed by atoms with Crippen molar-refractivity contribution in [1.29, 1.82) is 0 Å². The number of hydrogen-bond donors (Lipinski definition) is 1. The maximum absolute atomic E-state index is 7.57. The molecule has 15 heavy (non-hydrogen) atoms. The van der Waals surface area contributed by atoms with Crippen molar-refractivity contribution in [3.63, 3.8) is 0 Å². The van der Waals surface area contributed by atoms with Crippen LogP contribution in [0.25, 0.3) is 0 Å². The molecule has 0 aliphatic carbocycles. The van der Waals surface area contributed by atoms with Crippen LogP contribution in [0.3, 0.4) is 0 Å². The molecule has 0 atom stereocenters. The van der Waals surface area contributed by atoms with Crippen molar-refractivity contribution in [2.24, 2.45) is 0 Å². The van der Waals surface area contributed by atoms with E-state index in [9.17, 15) is 0 Å². The Morgan fingerprint density at radius 3 is 0.733 bits per heavy atom. The van der Waals surface area contributed by atoms with E-state index in [0.29, 0.717) is 0 Å². The average Bonchev–Trinajstić information content (AvgIpc) is 1.39. The van der Waals surface area contributed by atoms with Crippen molar-refractivity contribution >= 4 is 16.3 Å². The fraction of sp³-hybridized carbons (Fsp3) is 1.00. The molecule has 0 aliphatic rings. The molecule has 0 unspecified atom stereocenters. The van der Waals surface area contributed by atoms with Gasteiger partial charge in [-0.1, -0.05) is 0 Å². The van der Waals surface area contributed by atoms with E-state index in [-0.39, 0.29) is 127 Å². The summed E-state index contributed by atoms with van der Waals surface area (Å²) in [6.45, 7) is 4.02. The largest absolute Gasteiger partial charge is 6.00 e. The topological polar surface area (TPSA) is 20.2 Å². The van der Waals surface area contributed by atoms with Gasteiger partial charge in [0.2, 0.25) is 0 Å². The number of aliphatic hydroxyl groups excluding tert-OH is 1. The molecule has 98 valence electrons. The van der Waals surface area contributed by atoms with Crippen LogP contribution in [0.2, 0.25) is 5.28 Å². The van der Waals surface area contributed by atoms with Crippen LogP contribution in [0.4, 0.5) is 0 Å². The third kappa shape index (κ3) is 343. The Labute approximate surface area is 165 Å². The summed E-state index contributed by atoms with van der Waals surface area (Å²) in [7, 11) is 0. The zero-order valence-electron chi connectivity index (χ0n) is 7.87. The van der Waals surface area contributed by atoms with Crippen LogP contribution < -0.4 is 99.3 Å². The van der Waals surface area contributed by atoms with Gasteiger partial charge in [0.25, 0.3) is 0 Å². The first-order valence-corrected chi connectivity index (χ1v) is 2.96. The van der Waals surface area contributed by atoms with E-state index in [4.69, 9.17) is 5.11 Å². The van der Waals surface area contributed by atoms with Crippen LogP contribution >= 0.6 is 0 Å². The van der Waals surface area contributed by atoms with Gasteiger partial charge in [-0.25, -0.2) is 0 Å². The maximum Gasteiger partial charge on any atom is 6.00 e.